The third-order valence-electron chi connectivity index (χ3n) is 5.27. The van der Waals surface area contributed by atoms with Crippen LogP contribution in [0.1, 0.15) is 56.0 Å². The molecule has 0 aromatic heterocycles. The third-order valence-corrected chi connectivity index (χ3v) is 5.27. The number of nitrogens with two attached hydrogens (primary N) is 1. The highest BCUT2D eigenvalue weighted by Gasteiger charge is 2.47. The zero-order chi connectivity index (χ0) is 20.6. The van der Waals surface area contributed by atoms with Crippen LogP contribution in [0.5, 0.6) is 0 Å². The maximum Gasteiger partial charge on any atom is 0.410 e. The summed E-state index contributed by atoms with van der Waals surface area (Å²) in [6.07, 6.45) is 0.444. The van der Waals surface area contributed by atoms with E-state index in [0.717, 1.165) is 12.0 Å². The number of piperazine rings is 1. The van der Waals surface area contributed by atoms with Crippen molar-refractivity contribution in [3.8, 4) is 0 Å². The first-order chi connectivity index (χ1) is 13.1. The van der Waals surface area contributed by atoms with Gasteiger partial charge in [-0.2, -0.15) is 0 Å². The molecule has 1 heterocycles. The van der Waals surface area contributed by atoms with Crippen molar-refractivity contribution in [3.63, 3.8) is 0 Å². The van der Waals surface area contributed by atoms with Crippen molar-refractivity contribution in [2.45, 2.75) is 51.7 Å². The molecule has 28 heavy (non-hydrogen) atoms. The molecule has 2 fully saturated rings. The van der Waals surface area contributed by atoms with Crippen molar-refractivity contribution in [1.82, 2.24) is 9.80 Å². The van der Waals surface area contributed by atoms with Gasteiger partial charge in [0.2, 0.25) is 11.8 Å². The summed E-state index contributed by atoms with van der Waals surface area (Å²) in [6.45, 7) is 8.93. The fourth-order valence-electron chi connectivity index (χ4n) is 3.75. The molecule has 7 heteroatoms. The van der Waals surface area contributed by atoms with Crippen molar-refractivity contribution in [2.24, 2.45) is 11.7 Å². The largest absolute Gasteiger partial charge is 0.444 e. The Kier molecular flexibility index (Phi) is 5.37. The zero-order valence-electron chi connectivity index (χ0n) is 17.0. The zero-order valence-corrected chi connectivity index (χ0v) is 17.0. The molecule has 7 nitrogen and oxygen atoms in total. The van der Waals surface area contributed by atoms with Gasteiger partial charge < -0.3 is 20.3 Å². The summed E-state index contributed by atoms with van der Waals surface area (Å²) >= 11 is 0. The van der Waals surface area contributed by atoms with Crippen molar-refractivity contribution in [2.75, 3.05) is 19.6 Å². The van der Waals surface area contributed by atoms with Crippen LogP contribution in [0.4, 0.5) is 4.79 Å². The normalized spacial score (nSPS) is 24.6. The number of hydrogen-bond donors (Lipinski definition) is 1. The Labute approximate surface area is 165 Å². The van der Waals surface area contributed by atoms with E-state index in [9.17, 15) is 14.4 Å². The maximum absolute atomic E-state index is 13.0. The Bertz CT molecular complexity index is 786. The first-order valence-electron chi connectivity index (χ1n) is 9.75. The molecule has 1 saturated carbocycles. The number of rotatable bonds is 3. The van der Waals surface area contributed by atoms with Crippen LogP contribution in [0.15, 0.2) is 24.3 Å². The van der Waals surface area contributed by atoms with Crippen LogP contribution >= 0.6 is 0 Å². The number of ether oxygens (including phenoxy) is 1. The molecule has 1 saturated heterocycles. The van der Waals surface area contributed by atoms with Crippen LogP contribution in [-0.2, 0) is 9.53 Å². The van der Waals surface area contributed by atoms with E-state index in [-0.39, 0.29) is 29.9 Å². The Balaban J connectivity index is 1.59. The third kappa shape index (κ3) is 4.46. The highest BCUT2D eigenvalue weighted by molar-refractivity contribution is 5.93. The summed E-state index contributed by atoms with van der Waals surface area (Å²) in [5.74, 6) is -0.287. The average Bonchev–Trinajstić information content (AvgIpc) is 3.40. The van der Waals surface area contributed by atoms with E-state index in [2.05, 4.69) is 0 Å². The second-order valence-electron chi connectivity index (χ2n) is 8.75. The lowest BCUT2D eigenvalue weighted by Gasteiger charge is -2.40. The standard InChI is InChI=1S/C21H29N3O4/c1-13-12-23(20(27)28-21(2,3)4)8-9-24(13)19(26)17-11-16(17)14-6-5-7-15(10-14)18(22)25/h5-7,10,13,16-17H,8-9,11-12H2,1-4H3,(H2,22,25)/t13-,16+,17-/m1/s1. The van der Waals surface area contributed by atoms with E-state index in [0.29, 0.717) is 25.2 Å². The summed E-state index contributed by atoms with van der Waals surface area (Å²) in [5.41, 5.74) is 6.27. The maximum atomic E-state index is 13.0. The molecule has 1 aliphatic carbocycles. The van der Waals surface area contributed by atoms with Gasteiger partial charge in [0.1, 0.15) is 5.60 Å². The van der Waals surface area contributed by atoms with E-state index in [4.69, 9.17) is 10.5 Å². The van der Waals surface area contributed by atoms with Gasteiger partial charge in [0, 0.05) is 37.2 Å². The first kappa shape index (κ1) is 20.2. The minimum Gasteiger partial charge on any atom is -0.444 e. The second kappa shape index (κ2) is 7.45. The molecule has 0 unspecified atom stereocenters. The predicted octanol–water partition coefficient (Wildman–Crippen LogP) is 2.36. The molecule has 3 amide bonds. The minimum absolute atomic E-state index is 0.0630. The molecule has 1 aromatic rings. The molecule has 0 bridgehead atoms. The Morgan fingerprint density at radius 2 is 1.89 bits per heavy atom. The topological polar surface area (TPSA) is 92.9 Å². The predicted molar refractivity (Wildman–Crippen MR) is 105 cm³/mol. The van der Waals surface area contributed by atoms with Crippen LogP contribution in [0.25, 0.3) is 0 Å². The SMILES string of the molecule is C[C@@H]1CN(C(=O)OC(C)(C)C)CCN1C(=O)[C@@H]1C[C@H]1c1cccc(C(N)=O)c1. The monoisotopic (exact) mass is 387 g/mol. The fraction of sp³-hybridized carbons (Fsp3) is 0.571. The van der Waals surface area contributed by atoms with Crippen molar-refractivity contribution >= 4 is 17.9 Å². The summed E-state index contributed by atoms with van der Waals surface area (Å²) in [4.78, 5) is 40.2. The lowest BCUT2D eigenvalue weighted by Crippen LogP contribution is -2.56. The van der Waals surface area contributed by atoms with Gasteiger partial charge in [0.05, 0.1) is 0 Å². The van der Waals surface area contributed by atoms with E-state index >= 15 is 0 Å². The van der Waals surface area contributed by atoms with Crippen molar-refractivity contribution < 1.29 is 19.1 Å². The van der Waals surface area contributed by atoms with Gasteiger partial charge in [-0.25, -0.2) is 4.79 Å². The van der Waals surface area contributed by atoms with Gasteiger partial charge in [0.15, 0.2) is 0 Å². The van der Waals surface area contributed by atoms with Crippen LogP contribution in [0.3, 0.4) is 0 Å². The number of hydrogen-bond acceptors (Lipinski definition) is 4. The first-order valence-corrected chi connectivity index (χ1v) is 9.75. The number of amides is 3. The number of primary amides is 1. The molecule has 0 radical (unpaired) electrons. The lowest BCUT2D eigenvalue weighted by molar-refractivity contribution is -0.137. The second-order valence-corrected chi connectivity index (χ2v) is 8.75. The molecule has 0 spiro atoms. The molecule has 3 rings (SSSR count). The Hall–Kier alpha value is -2.57. The molecular weight excluding hydrogens is 358 g/mol. The smallest absolute Gasteiger partial charge is 0.410 e. The number of carbonyl (C=O) groups excluding carboxylic acids is 3. The highest BCUT2D eigenvalue weighted by Crippen LogP contribution is 2.49. The van der Waals surface area contributed by atoms with E-state index in [1.165, 1.54) is 0 Å². The lowest BCUT2D eigenvalue weighted by atomic mass is 10.0. The molecule has 1 aromatic carbocycles. The van der Waals surface area contributed by atoms with Crippen LogP contribution in [0, 0.1) is 5.92 Å². The Morgan fingerprint density at radius 3 is 2.50 bits per heavy atom. The van der Waals surface area contributed by atoms with Crippen molar-refractivity contribution in [3.05, 3.63) is 35.4 Å². The fourth-order valence-corrected chi connectivity index (χ4v) is 3.75. The summed E-state index contributed by atoms with van der Waals surface area (Å²) in [6, 6.07) is 7.14. The number of nitrogens with zero attached hydrogens (tertiary/aromatic N) is 2. The van der Waals surface area contributed by atoms with Gasteiger partial charge >= 0.3 is 6.09 Å². The number of carbonyl (C=O) groups is 3. The van der Waals surface area contributed by atoms with E-state index < -0.39 is 11.5 Å². The highest BCUT2D eigenvalue weighted by atomic mass is 16.6. The van der Waals surface area contributed by atoms with E-state index in [1.54, 1.807) is 23.1 Å². The molecule has 2 N–H and O–H groups in total. The quantitative estimate of drug-likeness (QED) is 0.862. The molecule has 3 atom stereocenters. The molecule has 1 aliphatic heterocycles. The van der Waals surface area contributed by atoms with Gasteiger partial charge in [-0.3, -0.25) is 9.59 Å². The van der Waals surface area contributed by atoms with Gasteiger partial charge in [0.25, 0.3) is 0 Å². The average molecular weight is 387 g/mol. The van der Waals surface area contributed by atoms with E-state index in [1.807, 2.05) is 38.7 Å². The minimum atomic E-state index is -0.534. The summed E-state index contributed by atoms with van der Waals surface area (Å²) in [5, 5.41) is 0. The molecular formula is C21H29N3O4. The van der Waals surface area contributed by atoms with Crippen LogP contribution in [0.2, 0.25) is 0 Å². The summed E-state index contributed by atoms with van der Waals surface area (Å²) < 4.78 is 5.43. The molecule has 152 valence electrons. The van der Waals surface area contributed by atoms with Crippen LogP contribution in [-0.4, -0.2) is 59.0 Å². The van der Waals surface area contributed by atoms with Gasteiger partial charge in [-0.05, 0) is 57.7 Å². The van der Waals surface area contributed by atoms with Gasteiger partial charge in [-0.15, -0.1) is 0 Å². The van der Waals surface area contributed by atoms with Gasteiger partial charge in [-0.1, -0.05) is 12.1 Å². The Morgan fingerprint density at radius 1 is 1.18 bits per heavy atom. The summed E-state index contributed by atoms with van der Waals surface area (Å²) in [7, 11) is 0. The van der Waals surface area contributed by atoms with Crippen molar-refractivity contribution in [1.29, 1.82) is 0 Å². The number of benzene rings is 1. The van der Waals surface area contributed by atoms with Crippen LogP contribution < -0.4 is 5.73 Å². The molecule has 2 aliphatic rings.